The predicted molar refractivity (Wildman–Crippen MR) is 109 cm³/mol. The zero-order chi connectivity index (χ0) is 18.9. The number of hydrogen-bond donors (Lipinski definition) is 1. The molecule has 5 rings (SSSR count). The van der Waals surface area contributed by atoms with E-state index in [1.54, 1.807) is 18.3 Å². The summed E-state index contributed by atoms with van der Waals surface area (Å²) in [4.78, 5) is 21.0. The predicted octanol–water partition coefficient (Wildman–Crippen LogP) is 5.30. The number of benzene rings is 3. The van der Waals surface area contributed by atoms with Crippen LogP contribution in [0.5, 0.6) is 0 Å². The SMILES string of the molecule is O=C(Nc1cccc(-c2nc3c(ccc4ccccc43)o2)c1)c1cccnc1. The van der Waals surface area contributed by atoms with Crippen molar-refractivity contribution in [2.75, 3.05) is 5.32 Å². The average Bonchev–Trinajstić information content (AvgIpc) is 3.20. The first-order valence-electron chi connectivity index (χ1n) is 8.88. The third kappa shape index (κ3) is 2.89. The Morgan fingerprint density at radius 2 is 1.86 bits per heavy atom. The van der Waals surface area contributed by atoms with Crippen LogP contribution in [0.4, 0.5) is 5.69 Å². The van der Waals surface area contributed by atoms with Crippen molar-refractivity contribution in [2.45, 2.75) is 0 Å². The number of fused-ring (bicyclic) bond motifs is 3. The molecule has 0 spiro atoms. The lowest BCUT2D eigenvalue weighted by molar-refractivity contribution is 0.102. The molecule has 0 atom stereocenters. The standard InChI is InChI=1S/C23H15N3O2/c27-22(17-7-4-12-24-14-17)25-18-8-3-6-16(13-18)23-26-21-19-9-2-1-5-15(19)10-11-20(21)28-23/h1-14H,(H,25,27). The number of oxazole rings is 1. The van der Waals surface area contributed by atoms with Gasteiger partial charge in [-0.05, 0) is 41.8 Å². The molecule has 0 aliphatic carbocycles. The number of anilines is 1. The molecule has 2 aromatic heterocycles. The normalized spacial score (nSPS) is 11.0. The summed E-state index contributed by atoms with van der Waals surface area (Å²) < 4.78 is 5.97. The fraction of sp³-hybridized carbons (Fsp3) is 0. The Morgan fingerprint density at radius 1 is 0.929 bits per heavy atom. The highest BCUT2D eigenvalue weighted by Crippen LogP contribution is 2.30. The van der Waals surface area contributed by atoms with Crippen LogP contribution in [-0.2, 0) is 0 Å². The number of carbonyl (C=O) groups is 1. The largest absolute Gasteiger partial charge is 0.436 e. The van der Waals surface area contributed by atoms with Gasteiger partial charge in [0.2, 0.25) is 5.89 Å². The van der Waals surface area contributed by atoms with Crippen LogP contribution in [0.3, 0.4) is 0 Å². The molecule has 0 aliphatic heterocycles. The Balaban J connectivity index is 1.51. The van der Waals surface area contributed by atoms with Crippen molar-refractivity contribution < 1.29 is 9.21 Å². The van der Waals surface area contributed by atoms with Gasteiger partial charge in [0.15, 0.2) is 5.58 Å². The van der Waals surface area contributed by atoms with E-state index in [9.17, 15) is 4.79 Å². The summed E-state index contributed by atoms with van der Waals surface area (Å²) in [6.45, 7) is 0. The lowest BCUT2D eigenvalue weighted by Crippen LogP contribution is -2.11. The van der Waals surface area contributed by atoms with Gasteiger partial charge < -0.3 is 9.73 Å². The second kappa shape index (κ2) is 6.63. The quantitative estimate of drug-likeness (QED) is 0.471. The lowest BCUT2D eigenvalue weighted by atomic mass is 10.1. The van der Waals surface area contributed by atoms with E-state index in [-0.39, 0.29) is 5.91 Å². The van der Waals surface area contributed by atoms with Crippen molar-refractivity contribution in [1.29, 1.82) is 0 Å². The van der Waals surface area contributed by atoms with Gasteiger partial charge in [-0.1, -0.05) is 36.4 Å². The van der Waals surface area contributed by atoms with Gasteiger partial charge in [-0.15, -0.1) is 0 Å². The maximum atomic E-state index is 12.4. The number of carbonyl (C=O) groups excluding carboxylic acids is 1. The third-order valence-corrected chi connectivity index (χ3v) is 4.57. The van der Waals surface area contributed by atoms with Crippen LogP contribution in [0.2, 0.25) is 0 Å². The number of aromatic nitrogens is 2. The van der Waals surface area contributed by atoms with Crippen molar-refractivity contribution in [3.05, 3.63) is 90.8 Å². The Bertz CT molecular complexity index is 1310. The Labute approximate surface area is 160 Å². The number of nitrogens with one attached hydrogen (secondary N) is 1. The van der Waals surface area contributed by atoms with Crippen LogP contribution in [0.1, 0.15) is 10.4 Å². The number of hydrogen-bond acceptors (Lipinski definition) is 4. The summed E-state index contributed by atoms with van der Waals surface area (Å²) in [5.41, 5.74) is 3.53. The molecule has 0 unspecified atom stereocenters. The molecule has 5 nitrogen and oxygen atoms in total. The molecule has 28 heavy (non-hydrogen) atoms. The Hall–Kier alpha value is -3.99. The molecule has 0 bridgehead atoms. The van der Waals surface area contributed by atoms with Crippen LogP contribution in [-0.4, -0.2) is 15.9 Å². The minimum atomic E-state index is -0.214. The topological polar surface area (TPSA) is 68.0 Å². The molecular weight excluding hydrogens is 350 g/mol. The maximum absolute atomic E-state index is 12.4. The van der Waals surface area contributed by atoms with E-state index in [1.807, 2.05) is 54.6 Å². The third-order valence-electron chi connectivity index (χ3n) is 4.57. The second-order valence-corrected chi connectivity index (χ2v) is 6.43. The summed E-state index contributed by atoms with van der Waals surface area (Å²) >= 11 is 0. The molecule has 0 saturated carbocycles. The van der Waals surface area contributed by atoms with Gasteiger partial charge in [0.25, 0.3) is 5.91 Å². The van der Waals surface area contributed by atoms with Crippen LogP contribution >= 0.6 is 0 Å². The van der Waals surface area contributed by atoms with E-state index >= 15 is 0 Å². The zero-order valence-corrected chi connectivity index (χ0v) is 14.8. The molecule has 2 heterocycles. The first-order chi connectivity index (χ1) is 13.8. The summed E-state index contributed by atoms with van der Waals surface area (Å²) in [6.07, 6.45) is 3.17. The molecule has 5 aromatic rings. The van der Waals surface area contributed by atoms with Crippen molar-refractivity contribution in [1.82, 2.24) is 9.97 Å². The highest BCUT2D eigenvalue weighted by molar-refractivity contribution is 6.05. The van der Waals surface area contributed by atoms with Crippen LogP contribution in [0.15, 0.2) is 89.6 Å². The highest BCUT2D eigenvalue weighted by atomic mass is 16.3. The van der Waals surface area contributed by atoms with Gasteiger partial charge in [-0.25, -0.2) is 4.98 Å². The number of pyridine rings is 1. The molecule has 0 fully saturated rings. The van der Waals surface area contributed by atoms with Crippen molar-refractivity contribution in [2.24, 2.45) is 0 Å². The zero-order valence-electron chi connectivity index (χ0n) is 14.8. The number of nitrogens with zero attached hydrogens (tertiary/aromatic N) is 2. The number of amides is 1. The van der Waals surface area contributed by atoms with E-state index in [0.29, 0.717) is 17.1 Å². The first kappa shape index (κ1) is 16.2. The molecule has 0 aliphatic rings. The molecule has 3 aromatic carbocycles. The molecule has 0 radical (unpaired) electrons. The van der Waals surface area contributed by atoms with Crippen LogP contribution in [0, 0.1) is 0 Å². The van der Waals surface area contributed by atoms with Gasteiger partial charge in [0, 0.05) is 29.0 Å². The molecule has 1 amide bonds. The summed E-state index contributed by atoms with van der Waals surface area (Å²) in [6, 6.07) is 22.9. The summed E-state index contributed by atoms with van der Waals surface area (Å²) in [5, 5.41) is 5.05. The average molecular weight is 365 g/mol. The Kier molecular flexibility index (Phi) is 3.84. The van der Waals surface area contributed by atoms with E-state index in [2.05, 4.69) is 16.4 Å². The summed E-state index contributed by atoms with van der Waals surface area (Å²) in [7, 11) is 0. The van der Waals surface area contributed by atoms with Gasteiger partial charge >= 0.3 is 0 Å². The van der Waals surface area contributed by atoms with Crippen LogP contribution < -0.4 is 5.32 Å². The van der Waals surface area contributed by atoms with Gasteiger partial charge in [0.05, 0.1) is 5.56 Å². The minimum Gasteiger partial charge on any atom is -0.436 e. The molecule has 134 valence electrons. The van der Waals surface area contributed by atoms with Crippen molar-refractivity contribution >= 4 is 33.5 Å². The molecule has 5 heteroatoms. The minimum absolute atomic E-state index is 0.214. The van der Waals surface area contributed by atoms with Crippen molar-refractivity contribution in [3.8, 4) is 11.5 Å². The van der Waals surface area contributed by atoms with E-state index < -0.39 is 0 Å². The maximum Gasteiger partial charge on any atom is 0.257 e. The molecular formula is C23H15N3O2. The fourth-order valence-electron chi connectivity index (χ4n) is 3.22. The monoisotopic (exact) mass is 365 g/mol. The fourth-order valence-corrected chi connectivity index (χ4v) is 3.22. The second-order valence-electron chi connectivity index (χ2n) is 6.43. The van der Waals surface area contributed by atoms with E-state index in [4.69, 9.17) is 9.40 Å². The Morgan fingerprint density at radius 3 is 2.75 bits per heavy atom. The van der Waals surface area contributed by atoms with E-state index in [0.717, 1.165) is 27.4 Å². The van der Waals surface area contributed by atoms with Gasteiger partial charge in [-0.2, -0.15) is 0 Å². The van der Waals surface area contributed by atoms with Crippen molar-refractivity contribution in [3.63, 3.8) is 0 Å². The lowest BCUT2D eigenvalue weighted by Gasteiger charge is -2.06. The number of rotatable bonds is 3. The van der Waals surface area contributed by atoms with Gasteiger partial charge in [0.1, 0.15) is 5.52 Å². The highest BCUT2D eigenvalue weighted by Gasteiger charge is 2.12. The summed E-state index contributed by atoms with van der Waals surface area (Å²) in [5.74, 6) is 0.303. The smallest absolute Gasteiger partial charge is 0.257 e. The molecule has 1 N–H and O–H groups in total. The first-order valence-corrected chi connectivity index (χ1v) is 8.88. The van der Waals surface area contributed by atoms with Gasteiger partial charge in [-0.3, -0.25) is 9.78 Å². The van der Waals surface area contributed by atoms with E-state index in [1.165, 1.54) is 6.20 Å². The van der Waals surface area contributed by atoms with Crippen LogP contribution in [0.25, 0.3) is 33.3 Å². The molecule has 0 saturated heterocycles.